The zero-order valence-corrected chi connectivity index (χ0v) is 29.4. The van der Waals surface area contributed by atoms with Crippen LogP contribution in [0.1, 0.15) is 67.3 Å². The normalized spacial score (nSPS) is 11.9. The fourth-order valence-electron chi connectivity index (χ4n) is 5.60. The van der Waals surface area contributed by atoms with E-state index < -0.39 is 17.3 Å². The van der Waals surface area contributed by atoms with Crippen molar-refractivity contribution in [2.24, 2.45) is 0 Å². The summed E-state index contributed by atoms with van der Waals surface area (Å²) in [5, 5.41) is 2.46. The molecule has 266 valence electrons. The largest absolute Gasteiger partial charge is 0.494 e. The average molecular weight is 709 g/mol. The summed E-state index contributed by atoms with van der Waals surface area (Å²) in [6, 6.07) is 31.4. The first kappa shape index (κ1) is 38.5. The van der Waals surface area contributed by atoms with Crippen molar-refractivity contribution in [3.63, 3.8) is 0 Å². The molecule has 0 aliphatic heterocycles. The molecule has 6 nitrogen and oxygen atoms in total. The summed E-state index contributed by atoms with van der Waals surface area (Å²) >= 11 is 6.34. The van der Waals surface area contributed by atoms with Crippen molar-refractivity contribution in [1.82, 2.24) is 10.2 Å². The average Bonchev–Trinajstić information content (AvgIpc) is 3.06. The van der Waals surface area contributed by atoms with Crippen molar-refractivity contribution < 1.29 is 32.2 Å². The standard InChI is InChI=1S/C40H44ClF3N2O4/c1-39(2,3)50-37(48)21-22-45-36(47)26-29-13-10-19-33(25-29)49-24-12-23-46(27-32-18-11-20-35(38(32)41)40(42,43)44)28-34(30-14-6-4-7-15-30)31-16-8-5-9-17-31/h4-11,13-20,25,34H,12,21-24,26-28H2,1-3H3,(H,45,47). The van der Waals surface area contributed by atoms with Gasteiger partial charge in [-0.1, -0.05) is 96.5 Å². The molecule has 0 saturated carbocycles. The van der Waals surface area contributed by atoms with Gasteiger partial charge in [-0.3, -0.25) is 14.5 Å². The molecule has 4 aromatic carbocycles. The maximum atomic E-state index is 13.7. The molecule has 0 radical (unpaired) electrons. The lowest BCUT2D eigenvalue weighted by atomic mass is 9.90. The number of halogens is 4. The number of carbonyl (C=O) groups excluding carboxylic acids is 2. The number of amides is 1. The zero-order chi connectivity index (χ0) is 36.1. The number of nitrogens with one attached hydrogen (secondary N) is 1. The van der Waals surface area contributed by atoms with Gasteiger partial charge in [0.2, 0.25) is 5.91 Å². The minimum Gasteiger partial charge on any atom is -0.494 e. The Balaban J connectivity index is 1.41. The highest BCUT2D eigenvalue weighted by Gasteiger charge is 2.34. The molecule has 0 fully saturated rings. The molecule has 0 aromatic heterocycles. The van der Waals surface area contributed by atoms with Crippen molar-refractivity contribution in [2.75, 3.05) is 26.2 Å². The molecule has 50 heavy (non-hydrogen) atoms. The lowest BCUT2D eigenvalue weighted by Crippen LogP contribution is -2.31. The Morgan fingerprint density at radius 3 is 2.12 bits per heavy atom. The zero-order valence-electron chi connectivity index (χ0n) is 28.6. The first-order chi connectivity index (χ1) is 23.8. The number of hydrogen-bond acceptors (Lipinski definition) is 5. The highest BCUT2D eigenvalue weighted by Crippen LogP contribution is 2.37. The van der Waals surface area contributed by atoms with E-state index in [0.717, 1.165) is 22.8 Å². The Morgan fingerprint density at radius 1 is 0.860 bits per heavy atom. The van der Waals surface area contributed by atoms with Crippen molar-refractivity contribution in [1.29, 1.82) is 0 Å². The van der Waals surface area contributed by atoms with Crippen molar-refractivity contribution in [2.45, 2.75) is 64.3 Å². The summed E-state index contributed by atoms with van der Waals surface area (Å²) < 4.78 is 52.4. The Bertz CT molecular complexity index is 1640. The smallest absolute Gasteiger partial charge is 0.417 e. The van der Waals surface area contributed by atoms with Crippen LogP contribution < -0.4 is 10.1 Å². The lowest BCUT2D eigenvalue weighted by molar-refractivity contribution is -0.154. The maximum absolute atomic E-state index is 13.7. The van der Waals surface area contributed by atoms with E-state index in [1.54, 1.807) is 32.9 Å². The predicted molar refractivity (Wildman–Crippen MR) is 190 cm³/mol. The van der Waals surface area contributed by atoms with Gasteiger partial charge in [-0.25, -0.2) is 0 Å². The Labute approximate surface area is 297 Å². The fourth-order valence-corrected chi connectivity index (χ4v) is 5.89. The van der Waals surface area contributed by atoms with Crippen LogP contribution in [0.25, 0.3) is 0 Å². The van der Waals surface area contributed by atoms with Gasteiger partial charge < -0.3 is 14.8 Å². The number of ether oxygens (including phenoxy) is 2. The summed E-state index contributed by atoms with van der Waals surface area (Å²) in [4.78, 5) is 26.5. The third-order valence-corrected chi connectivity index (χ3v) is 8.29. The quantitative estimate of drug-likeness (QED) is 0.0931. The van der Waals surface area contributed by atoms with Gasteiger partial charge >= 0.3 is 12.1 Å². The second-order valence-corrected chi connectivity index (χ2v) is 13.5. The molecular formula is C40H44ClF3N2O4. The van der Waals surface area contributed by atoms with Crippen LogP contribution in [0.3, 0.4) is 0 Å². The number of alkyl halides is 3. The second-order valence-electron chi connectivity index (χ2n) is 13.1. The number of nitrogens with zero attached hydrogens (tertiary/aromatic N) is 1. The van der Waals surface area contributed by atoms with E-state index in [2.05, 4.69) is 34.5 Å². The summed E-state index contributed by atoms with van der Waals surface area (Å²) in [5.74, 6) is -0.0286. The molecule has 0 unspecified atom stereocenters. The van der Waals surface area contributed by atoms with Crippen molar-refractivity contribution in [3.8, 4) is 5.75 Å². The highest BCUT2D eigenvalue weighted by atomic mass is 35.5. The number of benzene rings is 4. The molecular weight excluding hydrogens is 665 g/mol. The van der Waals surface area contributed by atoms with Crippen LogP contribution in [-0.4, -0.2) is 48.6 Å². The number of rotatable bonds is 16. The maximum Gasteiger partial charge on any atom is 0.417 e. The molecule has 0 atom stereocenters. The Hall–Kier alpha value is -4.34. The molecule has 0 saturated heterocycles. The van der Waals surface area contributed by atoms with Crippen LogP contribution in [0.5, 0.6) is 5.75 Å². The minimum atomic E-state index is -4.56. The van der Waals surface area contributed by atoms with E-state index in [1.807, 2.05) is 54.6 Å². The third-order valence-electron chi connectivity index (χ3n) is 7.84. The summed E-state index contributed by atoms with van der Waals surface area (Å²) in [7, 11) is 0. The van der Waals surface area contributed by atoms with E-state index in [-0.39, 0.29) is 48.7 Å². The van der Waals surface area contributed by atoms with Crippen LogP contribution in [0, 0.1) is 0 Å². The molecule has 0 spiro atoms. The van der Waals surface area contributed by atoms with E-state index in [4.69, 9.17) is 21.1 Å². The topological polar surface area (TPSA) is 67.9 Å². The van der Waals surface area contributed by atoms with Gasteiger partial charge in [0.25, 0.3) is 0 Å². The lowest BCUT2D eigenvalue weighted by Gasteiger charge is -2.29. The summed E-state index contributed by atoms with van der Waals surface area (Å²) in [6.45, 7) is 7.19. The van der Waals surface area contributed by atoms with Crippen LogP contribution in [0.4, 0.5) is 13.2 Å². The van der Waals surface area contributed by atoms with Crippen molar-refractivity contribution in [3.05, 3.63) is 136 Å². The monoisotopic (exact) mass is 708 g/mol. The van der Waals surface area contributed by atoms with E-state index in [0.29, 0.717) is 37.4 Å². The van der Waals surface area contributed by atoms with Crippen LogP contribution >= 0.6 is 11.6 Å². The Kier molecular flexibility index (Phi) is 13.9. The van der Waals surface area contributed by atoms with Gasteiger partial charge in [0.1, 0.15) is 11.4 Å². The fraction of sp³-hybridized carbons (Fsp3) is 0.350. The molecule has 4 aromatic rings. The molecule has 0 aliphatic carbocycles. The first-order valence-electron chi connectivity index (χ1n) is 16.7. The number of esters is 1. The SMILES string of the molecule is CC(C)(C)OC(=O)CCNC(=O)Cc1cccc(OCCCN(Cc2cccc(C(F)(F)F)c2Cl)CC(c2ccccc2)c2ccccc2)c1. The molecule has 1 N–H and O–H groups in total. The first-order valence-corrected chi connectivity index (χ1v) is 17.0. The summed E-state index contributed by atoms with van der Waals surface area (Å²) in [5.41, 5.74) is 1.93. The predicted octanol–water partition coefficient (Wildman–Crippen LogP) is 8.85. The van der Waals surface area contributed by atoms with Gasteiger partial charge in [-0.05, 0) is 67.6 Å². The van der Waals surface area contributed by atoms with Gasteiger partial charge in [0, 0.05) is 32.1 Å². The number of carbonyl (C=O) groups is 2. The van der Waals surface area contributed by atoms with Crippen molar-refractivity contribution >= 4 is 23.5 Å². The van der Waals surface area contributed by atoms with Gasteiger partial charge in [0.15, 0.2) is 0 Å². The van der Waals surface area contributed by atoms with E-state index in [1.165, 1.54) is 6.07 Å². The number of hydrogen-bond donors (Lipinski definition) is 1. The molecule has 4 rings (SSSR count). The molecule has 0 aliphatic rings. The van der Waals surface area contributed by atoms with Crippen LogP contribution in [-0.2, 0) is 33.5 Å². The van der Waals surface area contributed by atoms with Gasteiger partial charge in [-0.2, -0.15) is 13.2 Å². The highest BCUT2D eigenvalue weighted by molar-refractivity contribution is 6.32. The summed E-state index contributed by atoms with van der Waals surface area (Å²) in [6.07, 6.45) is -3.77. The van der Waals surface area contributed by atoms with Crippen LogP contribution in [0.2, 0.25) is 5.02 Å². The molecule has 1 amide bonds. The van der Waals surface area contributed by atoms with Gasteiger partial charge in [-0.15, -0.1) is 0 Å². The Morgan fingerprint density at radius 2 is 1.50 bits per heavy atom. The van der Waals surface area contributed by atoms with E-state index in [9.17, 15) is 22.8 Å². The second kappa shape index (κ2) is 18.1. The molecule has 0 bridgehead atoms. The molecule has 10 heteroatoms. The third kappa shape index (κ3) is 12.5. The van der Waals surface area contributed by atoms with Gasteiger partial charge in [0.05, 0.1) is 30.0 Å². The molecule has 0 heterocycles. The van der Waals surface area contributed by atoms with Crippen LogP contribution in [0.15, 0.2) is 103 Å². The van der Waals surface area contributed by atoms with E-state index >= 15 is 0 Å². The minimum absolute atomic E-state index is 0.0325.